The predicted molar refractivity (Wildman–Crippen MR) is 161 cm³/mol. The fourth-order valence-electron chi connectivity index (χ4n) is 5.14. The number of hydrogen-bond donors (Lipinski definition) is 2. The molecule has 0 spiro atoms. The van der Waals surface area contributed by atoms with Crippen LogP contribution in [0.25, 0.3) is 32.7 Å². The van der Waals surface area contributed by atoms with Crippen LogP contribution in [-0.4, -0.2) is 23.4 Å². The van der Waals surface area contributed by atoms with Crippen molar-refractivity contribution in [2.45, 2.75) is 12.2 Å². The minimum atomic E-state index is -0.773. The highest BCUT2D eigenvalue weighted by molar-refractivity contribution is 6.09. The van der Waals surface area contributed by atoms with E-state index in [2.05, 4.69) is 24.3 Å². The summed E-state index contributed by atoms with van der Waals surface area (Å²) in [7, 11) is 0. The van der Waals surface area contributed by atoms with E-state index in [9.17, 15) is 10.2 Å². The highest BCUT2D eigenvalue weighted by Crippen LogP contribution is 2.45. The third-order valence-electron chi connectivity index (χ3n) is 7.19. The quantitative estimate of drug-likeness (QED) is 0.201. The van der Waals surface area contributed by atoms with Crippen molar-refractivity contribution in [2.24, 2.45) is 0 Å². The molecule has 2 atom stereocenters. The van der Waals surface area contributed by atoms with Crippen molar-refractivity contribution in [1.29, 1.82) is 0 Å². The van der Waals surface area contributed by atoms with Crippen LogP contribution in [0.2, 0.25) is 0 Å². The molecule has 0 radical (unpaired) electrons. The number of benzene rings is 6. The van der Waals surface area contributed by atoms with Crippen LogP contribution in [-0.2, 0) is 0 Å². The van der Waals surface area contributed by atoms with Crippen molar-refractivity contribution >= 4 is 21.5 Å². The molecular weight excluding hydrogens is 496 g/mol. The van der Waals surface area contributed by atoms with E-state index in [1.54, 1.807) is 0 Å². The second kappa shape index (κ2) is 11.6. The number of rotatable bonds is 9. The Morgan fingerprint density at radius 1 is 0.425 bits per heavy atom. The van der Waals surface area contributed by atoms with Gasteiger partial charge in [-0.25, -0.2) is 0 Å². The number of ether oxygens (including phenoxy) is 2. The van der Waals surface area contributed by atoms with Gasteiger partial charge in [-0.3, -0.25) is 0 Å². The number of fused-ring (bicyclic) bond motifs is 2. The van der Waals surface area contributed by atoms with E-state index in [-0.39, 0.29) is 13.2 Å². The normalized spacial score (nSPS) is 12.8. The smallest absolute Gasteiger partial charge is 0.128 e. The second-order valence-electron chi connectivity index (χ2n) is 9.79. The molecule has 6 rings (SSSR count). The molecule has 0 aliphatic heterocycles. The Bertz CT molecular complexity index is 1600. The van der Waals surface area contributed by atoms with E-state index in [0.717, 1.165) is 43.8 Å². The fourth-order valence-corrected chi connectivity index (χ4v) is 5.14. The highest BCUT2D eigenvalue weighted by atomic mass is 16.5. The largest absolute Gasteiger partial charge is 0.490 e. The molecule has 0 fully saturated rings. The van der Waals surface area contributed by atoms with Crippen LogP contribution in [0.15, 0.2) is 133 Å². The lowest BCUT2D eigenvalue weighted by Crippen LogP contribution is -2.11. The zero-order chi connectivity index (χ0) is 27.3. The first-order valence-corrected chi connectivity index (χ1v) is 13.4. The van der Waals surface area contributed by atoms with E-state index in [4.69, 9.17) is 9.47 Å². The van der Waals surface area contributed by atoms with Gasteiger partial charge in [-0.2, -0.15) is 0 Å². The molecule has 40 heavy (non-hydrogen) atoms. The van der Waals surface area contributed by atoms with Crippen LogP contribution >= 0.6 is 0 Å². The Balaban J connectivity index is 1.45. The van der Waals surface area contributed by atoms with Crippen molar-refractivity contribution in [3.8, 4) is 22.6 Å². The Kier molecular flexibility index (Phi) is 7.45. The van der Waals surface area contributed by atoms with Gasteiger partial charge in [0.15, 0.2) is 0 Å². The molecular formula is C36H30O4. The van der Waals surface area contributed by atoms with Gasteiger partial charge < -0.3 is 19.7 Å². The fraction of sp³-hybridized carbons (Fsp3) is 0.111. The molecule has 0 heterocycles. The lowest BCUT2D eigenvalue weighted by atomic mass is 9.92. The Labute approximate surface area is 233 Å². The van der Waals surface area contributed by atoms with Gasteiger partial charge in [0.2, 0.25) is 0 Å². The maximum Gasteiger partial charge on any atom is 0.128 e. The SMILES string of the molecule is OC(COc1ccc2ccccc2c1-c1c(OCC(O)c2ccccc2)ccc2ccccc12)c1ccccc1. The van der Waals surface area contributed by atoms with Crippen molar-refractivity contribution in [3.05, 3.63) is 145 Å². The topological polar surface area (TPSA) is 58.9 Å². The summed E-state index contributed by atoms with van der Waals surface area (Å²) >= 11 is 0. The highest BCUT2D eigenvalue weighted by Gasteiger charge is 2.21. The molecule has 0 aliphatic carbocycles. The van der Waals surface area contributed by atoms with Crippen molar-refractivity contribution in [2.75, 3.05) is 13.2 Å². The first-order chi connectivity index (χ1) is 19.7. The molecule has 4 heteroatoms. The van der Waals surface area contributed by atoms with Gasteiger partial charge in [-0.1, -0.05) is 121 Å². The number of aliphatic hydroxyl groups is 2. The molecule has 198 valence electrons. The third-order valence-corrected chi connectivity index (χ3v) is 7.19. The van der Waals surface area contributed by atoms with Gasteiger partial charge in [0.05, 0.1) is 0 Å². The van der Waals surface area contributed by atoms with E-state index in [0.29, 0.717) is 11.5 Å². The molecule has 2 N–H and O–H groups in total. The Hall–Kier alpha value is -4.64. The summed E-state index contributed by atoms with van der Waals surface area (Å²) in [4.78, 5) is 0. The lowest BCUT2D eigenvalue weighted by molar-refractivity contribution is 0.107. The Morgan fingerprint density at radius 3 is 1.23 bits per heavy atom. The first kappa shape index (κ1) is 25.6. The molecule has 0 saturated carbocycles. The third kappa shape index (κ3) is 5.28. The molecule has 0 aromatic heterocycles. The maximum atomic E-state index is 10.9. The summed E-state index contributed by atoms with van der Waals surface area (Å²) in [6.07, 6.45) is -1.55. The van der Waals surface area contributed by atoms with Gasteiger partial charge in [-0.05, 0) is 44.8 Å². The van der Waals surface area contributed by atoms with Crippen LogP contribution in [0.1, 0.15) is 23.3 Å². The second-order valence-corrected chi connectivity index (χ2v) is 9.79. The molecule has 0 bridgehead atoms. The molecule has 2 unspecified atom stereocenters. The summed E-state index contributed by atoms with van der Waals surface area (Å²) in [5.41, 5.74) is 3.38. The van der Waals surface area contributed by atoms with Crippen LogP contribution in [0.4, 0.5) is 0 Å². The minimum absolute atomic E-state index is 0.100. The summed E-state index contributed by atoms with van der Waals surface area (Å²) in [6.45, 7) is 0.200. The standard InChI is InChI=1S/C36H30O4/c37-31(27-13-3-1-4-14-27)23-39-33-21-19-25-11-7-9-17-29(25)35(33)36-30-18-10-8-12-26(30)20-22-34(36)40-24-32(38)28-15-5-2-6-16-28/h1-22,31-32,37-38H,23-24H2. The van der Waals surface area contributed by atoms with Gasteiger partial charge in [0.1, 0.15) is 36.9 Å². The summed E-state index contributed by atoms with van der Waals surface area (Å²) < 4.78 is 12.7. The number of hydrogen-bond acceptors (Lipinski definition) is 4. The monoisotopic (exact) mass is 526 g/mol. The molecule has 0 saturated heterocycles. The average Bonchev–Trinajstić information content (AvgIpc) is 3.03. The molecule has 0 amide bonds. The lowest BCUT2D eigenvalue weighted by Gasteiger charge is -2.21. The van der Waals surface area contributed by atoms with E-state index in [1.807, 2.05) is 109 Å². The maximum absolute atomic E-state index is 10.9. The van der Waals surface area contributed by atoms with Gasteiger partial charge in [0.25, 0.3) is 0 Å². The van der Waals surface area contributed by atoms with E-state index in [1.165, 1.54) is 0 Å². The van der Waals surface area contributed by atoms with Crippen molar-refractivity contribution in [1.82, 2.24) is 0 Å². The van der Waals surface area contributed by atoms with Gasteiger partial charge in [-0.15, -0.1) is 0 Å². The summed E-state index contributed by atoms with van der Waals surface area (Å²) in [5.74, 6) is 1.30. The summed E-state index contributed by atoms with van der Waals surface area (Å²) in [5, 5.41) is 25.9. The average molecular weight is 527 g/mol. The Morgan fingerprint density at radius 2 is 0.800 bits per heavy atom. The molecule has 0 aliphatic rings. The zero-order valence-electron chi connectivity index (χ0n) is 22.0. The van der Waals surface area contributed by atoms with Crippen molar-refractivity contribution in [3.63, 3.8) is 0 Å². The predicted octanol–water partition coefficient (Wildman–Crippen LogP) is 7.88. The van der Waals surface area contributed by atoms with Crippen LogP contribution in [0.5, 0.6) is 11.5 Å². The molecule has 6 aromatic carbocycles. The van der Waals surface area contributed by atoms with Gasteiger partial charge >= 0.3 is 0 Å². The number of aliphatic hydroxyl groups excluding tert-OH is 2. The van der Waals surface area contributed by atoms with Crippen LogP contribution in [0, 0.1) is 0 Å². The summed E-state index contributed by atoms with van der Waals surface area (Å²) in [6, 6.07) is 43.4. The molecule has 6 aromatic rings. The van der Waals surface area contributed by atoms with E-state index >= 15 is 0 Å². The van der Waals surface area contributed by atoms with Crippen molar-refractivity contribution < 1.29 is 19.7 Å². The first-order valence-electron chi connectivity index (χ1n) is 13.4. The van der Waals surface area contributed by atoms with E-state index < -0.39 is 12.2 Å². The van der Waals surface area contributed by atoms with Crippen LogP contribution in [0.3, 0.4) is 0 Å². The minimum Gasteiger partial charge on any atom is -0.490 e. The van der Waals surface area contributed by atoms with Gasteiger partial charge in [0, 0.05) is 11.1 Å². The zero-order valence-corrected chi connectivity index (χ0v) is 22.0. The molecule has 4 nitrogen and oxygen atoms in total. The van der Waals surface area contributed by atoms with Crippen LogP contribution < -0.4 is 9.47 Å².